The van der Waals surface area contributed by atoms with Crippen molar-refractivity contribution in [2.75, 3.05) is 31.1 Å². The van der Waals surface area contributed by atoms with Crippen molar-refractivity contribution in [3.05, 3.63) is 40.0 Å². The van der Waals surface area contributed by atoms with Crippen LogP contribution in [0.15, 0.2) is 21.5 Å². The van der Waals surface area contributed by atoms with Crippen LogP contribution in [0.2, 0.25) is 0 Å². The van der Waals surface area contributed by atoms with E-state index in [0.717, 1.165) is 50.1 Å². The largest absolute Gasteiger partial charge is 0.444 e. The third kappa shape index (κ3) is 3.29. The third-order valence-corrected chi connectivity index (χ3v) is 4.41. The summed E-state index contributed by atoms with van der Waals surface area (Å²) in [5.41, 5.74) is 0.657. The van der Waals surface area contributed by atoms with Crippen molar-refractivity contribution in [1.29, 1.82) is 0 Å². The van der Waals surface area contributed by atoms with E-state index in [1.807, 2.05) is 13.1 Å². The highest BCUT2D eigenvalue weighted by Gasteiger charge is 2.29. The summed E-state index contributed by atoms with van der Waals surface area (Å²) in [6, 6.07) is 1.51. The fraction of sp³-hybridized carbons (Fsp3) is 0.562. The maximum atomic E-state index is 11.6. The molecule has 0 bridgehead atoms. The number of aryl methyl sites for hydroxylation is 1. The average molecular weight is 315 g/mol. The number of hydrogen-bond acceptors (Lipinski definition) is 6. The van der Waals surface area contributed by atoms with Crippen LogP contribution < -0.4 is 10.5 Å². The van der Waals surface area contributed by atoms with Gasteiger partial charge in [-0.1, -0.05) is 0 Å². The zero-order chi connectivity index (χ0) is 15.8. The summed E-state index contributed by atoms with van der Waals surface area (Å²) >= 11 is 0. The molecular formula is C16H21N5O2. The van der Waals surface area contributed by atoms with E-state index in [0.29, 0.717) is 11.9 Å². The van der Waals surface area contributed by atoms with Crippen LogP contribution in [0.4, 0.5) is 5.95 Å². The van der Waals surface area contributed by atoms with Gasteiger partial charge >= 0.3 is 0 Å². The molecule has 0 atom stereocenters. The molecule has 7 nitrogen and oxygen atoms in total. The van der Waals surface area contributed by atoms with E-state index in [-0.39, 0.29) is 5.56 Å². The lowest BCUT2D eigenvalue weighted by atomic mass is 10.3. The van der Waals surface area contributed by atoms with Crippen molar-refractivity contribution < 1.29 is 4.42 Å². The number of aromatic nitrogens is 3. The maximum absolute atomic E-state index is 11.6. The summed E-state index contributed by atoms with van der Waals surface area (Å²) in [7, 11) is 0. The van der Waals surface area contributed by atoms with Gasteiger partial charge in [-0.05, 0) is 19.8 Å². The van der Waals surface area contributed by atoms with Crippen molar-refractivity contribution in [1.82, 2.24) is 19.9 Å². The molecule has 0 spiro atoms. The monoisotopic (exact) mass is 315 g/mol. The highest BCUT2D eigenvalue weighted by Crippen LogP contribution is 2.39. The molecule has 122 valence electrons. The molecule has 1 saturated heterocycles. The summed E-state index contributed by atoms with van der Waals surface area (Å²) < 4.78 is 5.83. The van der Waals surface area contributed by atoms with Gasteiger partial charge in [0, 0.05) is 43.9 Å². The Morgan fingerprint density at radius 2 is 2.09 bits per heavy atom. The van der Waals surface area contributed by atoms with Gasteiger partial charge in [0.15, 0.2) is 5.89 Å². The SMILES string of the molecule is Cc1cc(=O)[nH]c(N2CCN(Cc3cnc(C4CC4)o3)CC2)n1. The predicted octanol–water partition coefficient (Wildman–Crippen LogP) is 1.27. The Morgan fingerprint density at radius 3 is 2.78 bits per heavy atom. The van der Waals surface area contributed by atoms with E-state index >= 15 is 0 Å². The fourth-order valence-corrected chi connectivity index (χ4v) is 2.97. The minimum atomic E-state index is -0.0933. The number of piperazine rings is 1. The second kappa shape index (κ2) is 5.81. The summed E-state index contributed by atoms with van der Waals surface area (Å²) in [5.74, 6) is 3.08. The molecule has 0 aromatic carbocycles. The molecule has 4 rings (SSSR count). The van der Waals surface area contributed by atoms with Crippen LogP contribution >= 0.6 is 0 Å². The Kier molecular flexibility index (Phi) is 3.65. The predicted molar refractivity (Wildman–Crippen MR) is 85.6 cm³/mol. The Labute approximate surface area is 134 Å². The van der Waals surface area contributed by atoms with Crippen molar-refractivity contribution in [3.63, 3.8) is 0 Å². The highest BCUT2D eigenvalue weighted by atomic mass is 16.4. The van der Waals surface area contributed by atoms with Crippen LogP contribution in [0.5, 0.6) is 0 Å². The van der Waals surface area contributed by atoms with Gasteiger partial charge in [0.05, 0.1) is 12.7 Å². The number of anilines is 1. The molecular weight excluding hydrogens is 294 g/mol. The number of rotatable bonds is 4. The van der Waals surface area contributed by atoms with E-state index in [1.165, 1.54) is 18.9 Å². The van der Waals surface area contributed by atoms with Crippen molar-refractivity contribution in [2.24, 2.45) is 0 Å². The number of hydrogen-bond donors (Lipinski definition) is 1. The van der Waals surface area contributed by atoms with Crippen molar-refractivity contribution in [2.45, 2.75) is 32.2 Å². The first-order chi connectivity index (χ1) is 11.2. The molecule has 1 N–H and O–H groups in total. The summed E-state index contributed by atoms with van der Waals surface area (Å²) in [5, 5.41) is 0. The van der Waals surface area contributed by atoms with Crippen LogP contribution in [0.3, 0.4) is 0 Å². The minimum absolute atomic E-state index is 0.0933. The summed E-state index contributed by atoms with van der Waals surface area (Å²) in [4.78, 5) is 27.7. The molecule has 7 heteroatoms. The number of aromatic amines is 1. The Hall–Kier alpha value is -2.15. The lowest BCUT2D eigenvalue weighted by Crippen LogP contribution is -2.46. The quantitative estimate of drug-likeness (QED) is 0.915. The topological polar surface area (TPSA) is 78.3 Å². The highest BCUT2D eigenvalue weighted by molar-refractivity contribution is 5.30. The maximum Gasteiger partial charge on any atom is 0.252 e. The fourth-order valence-electron chi connectivity index (χ4n) is 2.97. The van der Waals surface area contributed by atoms with Crippen LogP contribution in [0.25, 0.3) is 0 Å². The molecule has 1 aliphatic heterocycles. The van der Waals surface area contributed by atoms with E-state index in [9.17, 15) is 4.79 Å². The second-order valence-electron chi connectivity index (χ2n) is 6.41. The van der Waals surface area contributed by atoms with Gasteiger partial charge in [0.25, 0.3) is 5.56 Å². The second-order valence-corrected chi connectivity index (χ2v) is 6.41. The smallest absolute Gasteiger partial charge is 0.252 e. The average Bonchev–Trinajstić information content (AvgIpc) is 3.27. The van der Waals surface area contributed by atoms with E-state index in [1.54, 1.807) is 0 Å². The number of nitrogens with one attached hydrogen (secondary N) is 1. The molecule has 1 saturated carbocycles. The zero-order valence-electron chi connectivity index (χ0n) is 13.3. The number of nitrogens with zero attached hydrogens (tertiary/aromatic N) is 4. The first-order valence-electron chi connectivity index (χ1n) is 8.17. The Morgan fingerprint density at radius 1 is 1.30 bits per heavy atom. The van der Waals surface area contributed by atoms with Gasteiger partial charge in [-0.2, -0.15) is 0 Å². The van der Waals surface area contributed by atoms with Gasteiger partial charge < -0.3 is 9.32 Å². The van der Waals surface area contributed by atoms with Crippen LogP contribution in [-0.2, 0) is 6.54 Å². The van der Waals surface area contributed by atoms with E-state index in [4.69, 9.17) is 4.42 Å². The van der Waals surface area contributed by atoms with Gasteiger partial charge in [0.2, 0.25) is 5.95 Å². The standard InChI is InChI=1S/C16H21N5O2/c1-11-8-14(22)19-16(18-11)21-6-4-20(5-7-21)10-13-9-17-15(23-13)12-2-3-12/h8-9,12H,2-7,10H2,1H3,(H,18,19,22). The lowest BCUT2D eigenvalue weighted by Gasteiger charge is -2.34. The molecule has 0 unspecified atom stereocenters. The van der Waals surface area contributed by atoms with E-state index in [2.05, 4.69) is 24.8 Å². The first kappa shape index (κ1) is 14.4. The summed E-state index contributed by atoms with van der Waals surface area (Å²) in [6.07, 6.45) is 4.28. The molecule has 2 aliphatic rings. The lowest BCUT2D eigenvalue weighted by molar-refractivity contribution is 0.227. The third-order valence-electron chi connectivity index (χ3n) is 4.41. The zero-order valence-corrected chi connectivity index (χ0v) is 13.3. The molecule has 0 radical (unpaired) electrons. The molecule has 23 heavy (non-hydrogen) atoms. The Bertz CT molecular complexity index is 741. The van der Waals surface area contributed by atoms with Crippen LogP contribution in [0, 0.1) is 6.92 Å². The summed E-state index contributed by atoms with van der Waals surface area (Å²) in [6.45, 7) is 6.15. The van der Waals surface area contributed by atoms with Gasteiger partial charge in [-0.25, -0.2) is 9.97 Å². The number of oxazole rings is 1. The minimum Gasteiger partial charge on any atom is -0.444 e. The molecule has 2 fully saturated rings. The van der Waals surface area contributed by atoms with Crippen LogP contribution in [0.1, 0.15) is 36.1 Å². The molecule has 1 aliphatic carbocycles. The molecule has 2 aromatic rings. The van der Waals surface area contributed by atoms with Gasteiger partial charge in [0.1, 0.15) is 5.76 Å². The van der Waals surface area contributed by atoms with Crippen molar-refractivity contribution >= 4 is 5.95 Å². The van der Waals surface area contributed by atoms with Gasteiger partial charge in [-0.15, -0.1) is 0 Å². The molecule has 3 heterocycles. The van der Waals surface area contributed by atoms with Crippen LogP contribution in [-0.4, -0.2) is 46.0 Å². The molecule has 0 amide bonds. The van der Waals surface area contributed by atoms with E-state index < -0.39 is 0 Å². The first-order valence-corrected chi connectivity index (χ1v) is 8.17. The number of H-pyrrole nitrogens is 1. The molecule has 2 aromatic heterocycles. The Balaban J connectivity index is 1.35. The van der Waals surface area contributed by atoms with Gasteiger partial charge in [-0.3, -0.25) is 14.7 Å². The van der Waals surface area contributed by atoms with Crippen molar-refractivity contribution in [3.8, 4) is 0 Å². The normalized spacial score (nSPS) is 19.3.